The molecule has 0 aliphatic carbocycles. The summed E-state index contributed by atoms with van der Waals surface area (Å²) in [5, 5.41) is 0. The van der Waals surface area contributed by atoms with Gasteiger partial charge in [-0.3, -0.25) is 4.72 Å². The molecule has 1 heterocycles. The first-order valence-electron chi connectivity index (χ1n) is 6.14. The van der Waals surface area contributed by atoms with Crippen LogP contribution in [0, 0.1) is 6.92 Å². The molecule has 1 aromatic heterocycles. The molecule has 0 radical (unpaired) electrons. The van der Waals surface area contributed by atoms with Crippen LogP contribution in [0.3, 0.4) is 0 Å². The number of nitrogens with one attached hydrogen (secondary N) is 1. The van der Waals surface area contributed by atoms with Crippen molar-refractivity contribution in [3.63, 3.8) is 0 Å². The summed E-state index contributed by atoms with van der Waals surface area (Å²) in [6.45, 7) is 1.78. The number of hydrogen-bond acceptors (Lipinski definition) is 5. The summed E-state index contributed by atoms with van der Waals surface area (Å²) in [5.74, 6) is 1.05. The van der Waals surface area contributed by atoms with Crippen molar-refractivity contribution in [1.29, 1.82) is 0 Å². The summed E-state index contributed by atoms with van der Waals surface area (Å²) in [5.41, 5.74) is 1.11. The van der Waals surface area contributed by atoms with Crippen LogP contribution < -0.4 is 14.2 Å². The maximum Gasteiger partial charge on any atom is 0.261 e. The molecule has 2 rings (SSSR count). The standard InChI is InChI=1S/C14H16N2O4S/c1-10-8-12(5-6-13(10)19-2)21(17,18)16-11-4-7-14(20-3)15-9-11/h4-9,16H,1-3H3. The van der Waals surface area contributed by atoms with Gasteiger partial charge < -0.3 is 9.47 Å². The number of aryl methyl sites for hydroxylation is 1. The van der Waals surface area contributed by atoms with Crippen molar-refractivity contribution in [1.82, 2.24) is 4.98 Å². The first kappa shape index (κ1) is 15.1. The summed E-state index contributed by atoms with van der Waals surface area (Å²) < 4.78 is 37.1. The van der Waals surface area contributed by atoms with Gasteiger partial charge in [-0.2, -0.15) is 0 Å². The van der Waals surface area contributed by atoms with Crippen LogP contribution in [0.25, 0.3) is 0 Å². The van der Waals surface area contributed by atoms with Gasteiger partial charge in [0, 0.05) is 6.07 Å². The fourth-order valence-corrected chi connectivity index (χ4v) is 2.92. The van der Waals surface area contributed by atoms with Gasteiger partial charge in [0.15, 0.2) is 0 Å². The number of anilines is 1. The van der Waals surface area contributed by atoms with Crippen molar-refractivity contribution in [2.24, 2.45) is 0 Å². The van der Waals surface area contributed by atoms with Gasteiger partial charge in [0.05, 0.1) is 31.0 Å². The zero-order chi connectivity index (χ0) is 15.5. The van der Waals surface area contributed by atoms with E-state index in [0.717, 1.165) is 5.56 Å². The number of methoxy groups -OCH3 is 2. The number of rotatable bonds is 5. The van der Waals surface area contributed by atoms with Crippen LogP contribution in [-0.2, 0) is 10.0 Å². The van der Waals surface area contributed by atoms with E-state index in [0.29, 0.717) is 17.3 Å². The third-order valence-electron chi connectivity index (χ3n) is 2.87. The summed E-state index contributed by atoms with van der Waals surface area (Å²) >= 11 is 0. The highest BCUT2D eigenvalue weighted by atomic mass is 32.2. The number of sulfonamides is 1. The predicted octanol–water partition coefficient (Wildman–Crippen LogP) is 2.21. The lowest BCUT2D eigenvalue weighted by Gasteiger charge is -2.10. The Morgan fingerprint density at radius 3 is 2.38 bits per heavy atom. The Bertz CT molecular complexity index is 727. The average Bonchev–Trinajstić information content (AvgIpc) is 2.47. The van der Waals surface area contributed by atoms with Crippen LogP contribution >= 0.6 is 0 Å². The van der Waals surface area contributed by atoms with Crippen molar-refractivity contribution in [3.05, 3.63) is 42.1 Å². The molecule has 0 aliphatic rings. The van der Waals surface area contributed by atoms with E-state index in [-0.39, 0.29) is 4.90 Å². The second-order valence-electron chi connectivity index (χ2n) is 4.33. The average molecular weight is 308 g/mol. The fourth-order valence-electron chi connectivity index (χ4n) is 1.79. The molecular formula is C14H16N2O4S. The normalized spacial score (nSPS) is 11.0. The van der Waals surface area contributed by atoms with Gasteiger partial charge in [-0.15, -0.1) is 0 Å². The smallest absolute Gasteiger partial charge is 0.261 e. The zero-order valence-electron chi connectivity index (χ0n) is 12.0. The predicted molar refractivity (Wildman–Crippen MR) is 79.3 cm³/mol. The van der Waals surface area contributed by atoms with Crippen LogP contribution in [0.1, 0.15) is 5.56 Å². The van der Waals surface area contributed by atoms with Crippen LogP contribution in [0.4, 0.5) is 5.69 Å². The van der Waals surface area contributed by atoms with Crippen LogP contribution in [0.2, 0.25) is 0 Å². The van der Waals surface area contributed by atoms with E-state index in [9.17, 15) is 8.42 Å². The minimum Gasteiger partial charge on any atom is -0.496 e. The molecule has 0 spiro atoms. The summed E-state index contributed by atoms with van der Waals surface area (Å²) in [4.78, 5) is 4.11. The Kier molecular flexibility index (Phi) is 4.32. The lowest BCUT2D eigenvalue weighted by molar-refractivity contribution is 0.398. The molecule has 1 aromatic carbocycles. The Labute approximate surface area is 123 Å². The van der Waals surface area contributed by atoms with Gasteiger partial charge >= 0.3 is 0 Å². The molecule has 0 fully saturated rings. The molecule has 0 saturated heterocycles. The van der Waals surface area contributed by atoms with E-state index in [1.165, 1.54) is 26.5 Å². The largest absolute Gasteiger partial charge is 0.496 e. The molecule has 1 N–H and O–H groups in total. The minimum absolute atomic E-state index is 0.164. The van der Waals surface area contributed by atoms with E-state index in [1.54, 1.807) is 31.2 Å². The molecule has 0 aliphatic heterocycles. The molecule has 0 atom stereocenters. The topological polar surface area (TPSA) is 77.5 Å². The first-order valence-corrected chi connectivity index (χ1v) is 7.62. The van der Waals surface area contributed by atoms with Gasteiger partial charge in [0.1, 0.15) is 5.75 Å². The van der Waals surface area contributed by atoms with Gasteiger partial charge in [0.25, 0.3) is 10.0 Å². The molecule has 0 amide bonds. The molecule has 0 unspecified atom stereocenters. The van der Waals surface area contributed by atoms with Crippen molar-refractivity contribution in [3.8, 4) is 11.6 Å². The van der Waals surface area contributed by atoms with Gasteiger partial charge in [-0.25, -0.2) is 13.4 Å². The van der Waals surface area contributed by atoms with E-state index in [2.05, 4.69) is 9.71 Å². The maximum absolute atomic E-state index is 12.3. The monoisotopic (exact) mass is 308 g/mol. The third kappa shape index (κ3) is 3.43. The Balaban J connectivity index is 2.26. The van der Waals surface area contributed by atoms with Gasteiger partial charge in [-0.05, 0) is 36.8 Å². The lowest BCUT2D eigenvalue weighted by atomic mass is 10.2. The van der Waals surface area contributed by atoms with Crippen LogP contribution in [-0.4, -0.2) is 27.6 Å². The highest BCUT2D eigenvalue weighted by Gasteiger charge is 2.15. The zero-order valence-corrected chi connectivity index (χ0v) is 12.8. The molecule has 21 heavy (non-hydrogen) atoms. The second-order valence-corrected chi connectivity index (χ2v) is 6.01. The molecule has 0 saturated carbocycles. The maximum atomic E-state index is 12.3. The molecule has 6 nitrogen and oxygen atoms in total. The number of pyridine rings is 1. The first-order chi connectivity index (χ1) is 9.96. The van der Waals surface area contributed by atoms with E-state index in [1.807, 2.05) is 0 Å². The van der Waals surface area contributed by atoms with Crippen LogP contribution in [0.5, 0.6) is 11.6 Å². The number of nitrogens with zero attached hydrogens (tertiary/aromatic N) is 1. The van der Waals surface area contributed by atoms with Crippen molar-refractivity contribution < 1.29 is 17.9 Å². The second kappa shape index (κ2) is 6.01. The van der Waals surface area contributed by atoms with E-state index >= 15 is 0 Å². The molecular weight excluding hydrogens is 292 g/mol. The van der Waals surface area contributed by atoms with Gasteiger partial charge in [-0.1, -0.05) is 0 Å². The lowest BCUT2D eigenvalue weighted by Crippen LogP contribution is -2.13. The van der Waals surface area contributed by atoms with Crippen LogP contribution in [0.15, 0.2) is 41.4 Å². The summed E-state index contributed by atoms with van der Waals surface area (Å²) in [6.07, 6.45) is 1.40. The molecule has 0 bridgehead atoms. The number of hydrogen-bond donors (Lipinski definition) is 1. The quantitative estimate of drug-likeness (QED) is 0.916. The fraction of sp³-hybridized carbons (Fsp3) is 0.214. The highest BCUT2D eigenvalue weighted by molar-refractivity contribution is 7.92. The van der Waals surface area contributed by atoms with Gasteiger partial charge in [0.2, 0.25) is 5.88 Å². The van der Waals surface area contributed by atoms with Crippen molar-refractivity contribution in [2.45, 2.75) is 11.8 Å². The minimum atomic E-state index is -3.67. The highest BCUT2D eigenvalue weighted by Crippen LogP contribution is 2.23. The summed E-state index contributed by atoms with van der Waals surface area (Å²) in [6, 6.07) is 7.83. The van der Waals surface area contributed by atoms with E-state index in [4.69, 9.17) is 9.47 Å². The SMILES string of the molecule is COc1ccc(NS(=O)(=O)c2ccc(OC)c(C)c2)cn1. The Hall–Kier alpha value is -2.28. The number of benzene rings is 1. The number of ether oxygens (including phenoxy) is 2. The molecule has 7 heteroatoms. The molecule has 2 aromatic rings. The summed E-state index contributed by atoms with van der Waals surface area (Å²) in [7, 11) is -0.635. The van der Waals surface area contributed by atoms with Crippen molar-refractivity contribution >= 4 is 15.7 Å². The number of aromatic nitrogens is 1. The Morgan fingerprint density at radius 2 is 1.86 bits per heavy atom. The van der Waals surface area contributed by atoms with Crippen molar-refractivity contribution in [2.75, 3.05) is 18.9 Å². The Morgan fingerprint density at radius 1 is 1.10 bits per heavy atom. The third-order valence-corrected chi connectivity index (χ3v) is 4.25. The molecule has 112 valence electrons. The van der Waals surface area contributed by atoms with E-state index < -0.39 is 10.0 Å².